The number of alkyl halides is 1. The van der Waals surface area contributed by atoms with Crippen molar-refractivity contribution in [2.45, 2.75) is 39.8 Å². The molecule has 0 radical (unpaired) electrons. The molecule has 0 aliphatic heterocycles. The van der Waals surface area contributed by atoms with E-state index >= 15 is 0 Å². The molecule has 0 unspecified atom stereocenters. The van der Waals surface area contributed by atoms with Gasteiger partial charge in [-0.15, -0.1) is 0 Å². The highest BCUT2D eigenvalue weighted by Crippen LogP contribution is 2.26. The third-order valence-corrected chi connectivity index (χ3v) is 2.50. The second-order valence-corrected chi connectivity index (χ2v) is 4.56. The zero-order valence-electron chi connectivity index (χ0n) is 9.47. The summed E-state index contributed by atoms with van der Waals surface area (Å²) in [5, 5.41) is 0. The van der Waals surface area contributed by atoms with E-state index < -0.39 is 5.67 Å². The van der Waals surface area contributed by atoms with Gasteiger partial charge in [-0.05, 0) is 37.3 Å². The first kappa shape index (κ1) is 11.2. The third-order valence-electron chi connectivity index (χ3n) is 2.50. The number of allylic oxidation sites excluding steroid dienone is 6. The second kappa shape index (κ2) is 4.12. The van der Waals surface area contributed by atoms with Crippen LogP contribution in [-0.2, 0) is 0 Å². The summed E-state index contributed by atoms with van der Waals surface area (Å²) >= 11 is 0. The van der Waals surface area contributed by atoms with Crippen molar-refractivity contribution < 1.29 is 4.39 Å². The minimum absolute atomic E-state index is 0.515. The van der Waals surface area contributed by atoms with Crippen LogP contribution < -0.4 is 0 Å². The van der Waals surface area contributed by atoms with Crippen molar-refractivity contribution in [3.63, 3.8) is 0 Å². The van der Waals surface area contributed by atoms with Crippen molar-refractivity contribution in [2.75, 3.05) is 0 Å². The van der Waals surface area contributed by atoms with Gasteiger partial charge in [0.05, 0.1) is 0 Å². The summed E-state index contributed by atoms with van der Waals surface area (Å²) in [5.74, 6) is 0.515. The summed E-state index contributed by atoms with van der Waals surface area (Å²) in [5.41, 5.74) is 0.849. The SMILES string of the molecule is CC(C)C1=CCC=C(C(C)(C)F)C=C1. The Balaban J connectivity index is 2.83. The van der Waals surface area contributed by atoms with Gasteiger partial charge in [-0.3, -0.25) is 0 Å². The fourth-order valence-electron chi connectivity index (χ4n) is 1.51. The van der Waals surface area contributed by atoms with Crippen LogP contribution in [0.15, 0.2) is 35.5 Å². The molecular weight excluding hydrogens is 175 g/mol. The number of halogens is 1. The maximum absolute atomic E-state index is 13.6. The molecule has 78 valence electrons. The molecule has 1 rings (SSSR count). The number of hydrogen-bond acceptors (Lipinski definition) is 0. The van der Waals surface area contributed by atoms with E-state index in [1.54, 1.807) is 13.8 Å². The molecule has 0 nitrogen and oxygen atoms in total. The van der Waals surface area contributed by atoms with Crippen LogP contribution in [0.2, 0.25) is 0 Å². The van der Waals surface area contributed by atoms with Crippen LogP contribution in [0.5, 0.6) is 0 Å². The largest absolute Gasteiger partial charge is 0.239 e. The third kappa shape index (κ3) is 2.83. The molecular formula is C13H19F. The topological polar surface area (TPSA) is 0 Å². The van der Waals surface area contributed by atoms with Crippen molar-refractivity contribution in [1.82, 2.24) is 0 Å². The molecule has 0 aromatic heterocycles. The molecule has 0 amide bonds. The fourth-order valence-corrected chi connectivity index (χ4v) is 1.51. The van der Waals surface area contributed by atoms with Gasteiger partial charge in [0.15, 0.2) is 0 Å². The molecule has 1 aliphatic rings. The van der Waals surface area contributed by atoms with E-state index in [9.17, 15) is 4.39 Å². The van der Waals surface area contributed by atoms with Gasteiger partial charge >= 0.3 is 0 Å². The van der Waals surface area contributed by atoms with Gasteiger partial charge in [0.25, 0.3) is 0 Å². The summed E-state index contributed by atoms with van der Waals surface area (Å²) < 4.78 is 13.6. The minimum atomic E-state index is -1.23. The summed E-state index contributed by atoms with van der Waals surface area (Å²) in [6, 6.07) is 0. The Kier molecular flexibility index (Phi) is 3.30. The highest BCUT2D eigenvalue weighted by molar-refractivity contribution is 5.36. The van der Waals surface area contributed by atoms with Gasteiger partial charge in [-0.2, -0.15) is 0 Å². The van der Waals surface area contributed by atoms with E-state index in [-0.39, 0.29) is 0 Å². The Morgan fingerprint density at radius 3 is 2.36 bits per heavy atom. The average molecular weight is 194 g/mol. The molecule has 0 spiro atoms. The molecule has 0 fully saturated rings. The Morgan fingerprint density at radius 2 is 1.86 bits per heavy atom. The van der Waals surface area contributed by atoms with Gasteiger partial charge in [-0.25, -0.2) is 4.39 Å². The number of rotatable bonds is 2. The van der Waals surface area contributed by atoms with Crippen LogP contribution in [-0.4, -0.2) is 5.67 Å². The van der Waals surface area contributed by atoms with E-state index in [2.05, 4.69) is 19.9 Å². The maximum Gasteiger partial charge on any atom is 0.130 e. The maximum atomic E-state index is 13.6. The lowest BCUT2D eigenvalue weighted by molar-refractivity contribution is 0.273. The normalized spacial score (nSPS) is 17.9. The lowest BCUT2D eigenvalue weighted by Crippen LogP contribution is -2.13. The highest BCUT2D eigenvalue weighted by Gasteiger charge is 2.20. The fraction of sp³-hybridized carbons (Fsp3) is 0.538. The predicted octanol–water partition coefficient (Wildman–Crippen LogP) is 4.20. The summed E-state index contributed by atoms with van der Waals surface area (Å²) in [4.78, 5) is 0. The Bertz CT molecular complexity index is 285. The quantitative estimate of drug-likeness (QED) is 0.618. The smallest absolute Gasteiger partial charge is 0.130 e. The van der Waals surface area contributed by atoms with Crippen LogP contribution in [0.25, 0.3) is 0 Å². The molecule has 0 bridgehead atoms. The van der Waals surface area contributed by atoms with Gasteiger partial charge in [0.2, 0.25) is 0 Å². The Labute approximate surface area is 86.2 Å². The Hall–Kier alpha value is -0.850. The van der Waals surface area contributed by atoms with Crippen LogP contribution in [0.3, 0.4) is 0 Å². The van der Waals surface area contributed by atoms with Crippen LogP contribution in [0.1, 0.15) is 34.1 Å². The summed E-state index contributed by atoms with van der Waals surface area (Å²) in [7, 11) is 0. The molecule has 0 saturated heterocycles. The molecule has 1 aliphatic carbocycles. The van der Waals surface area contributed by atoms with Crippen LogP contribution >= 0.6 is 0 Å². The first-order chi connectivity index (χ1) is 6.41. The summed E-state index contributed by atoms with van der Waals surface area (Å²) in [6.07, 6.45) is 8.90. The number of hydrogen-bond donors (Lipinski definition) is 0. The molecule has 0 aromatic rings. The molecule has 0 atom stereocenters. The minimum Gasteiger partial charge on any atom is -0.239 e. The zero-order valence-corrected chi connectivity index (χ0v) is 9.47. The van der Waals surface area contributed by atoms with Crippen molar-refractivity contribution >= 4 is 0 Å². The van der Waals surface area contributed by atoms with E-state index in [1.807, 2.05) is 18.2 Å². The average Bonchev–Trinajstić information content (AvgIpc) is 2.26. The zero-order chi connectivity index (χ0) is 10.8. The van der Waals surface area contributed by atoms with Crippen LogP contribution in [0, 0.1) is 5.92 Å². The second-order valence-electron chi connectivity index (χ2n) is 4.56. The molecule has 1 heteroatoms. The van der Waals surface area contributed by atoms with Gasteiger partial charge in [0.1, 0.15) is 5.67 Å². The van der Waals surface area contributed by atoms with Gasteiger partial charge in [0, 0.05) is 0 Å². The molecule has 0 heterocycles. The van der Waals surface area contributed by atoms with E-state index in [0.29, 0.717) is 5.92 Å². The van der Waals surface area contributed by atoms with Crippen LogP contribution in [0.4, 0.5) is 4.39 Å². The standard InChI is InChI=1S/C13H19F/c1-10(2)11-6-5-7-12(9-8-11)13(3,4)14/h6-10H,5H2,1-4H3. The first-order valence-electron chi connectivity index (χ1n) is 5.19. The highest BCUT2D eigenvalue weighted by atomic mass is 19.1. The van der Waals surface area contributed by atoms with Crippen molar-refractivity contribution in [1.29, 1.82) is 0 Å². The monoisotopic (exact) mass is 194 g/mol. The first-order valence-corrected chi connectivity index (χ1v) is 5.19. The lowest BCUT2D eigenvalue weighted by Gasteiger charge is -2.15. The van der Waals surface area contributed by atoms with Gasteiger partial charge in [-0.1, -0.05) is 38.2 Å². The molecule has 0 aromatic carbocycles. The molecule has 0 saturated carbocycles. The molecule has 14 heavy (non-hydrogen) atoms. The molecule has 0 N–H and O–H groups in total. The van der Waals surface area contributed by atoms with Crippen molar-refractivity contribution in [3.8, 4) is 0 Å². The van der Waals surface area contributed by atoms with Crippen molar-refractivity contribution in [2.24, 2.45) is 5.92 Å². The van der Waals surface area contributed by atoms with E-state index in [0.717, 1.165) is 12.0 Å². The van der Waals surface area contributed by atoms with E-state index in [4.69, 9.17) is 0 Å². The van der Waals surface area contributed by atoms with Gasteiger partial charge < -0.3 is 0 Å². The predicted molar refractivity (Wildman–Crippen MR) is 59.9 cm³/mol. The summed E-state index contributed by atoms with van der Waals surface area (Å²) in [6.45, 7) is 7.51. The lowest BCUT2D eigenvalue weighted by atomic mass is 9.98. The van der Waals surface area contributed by atoms with E-state index in [1.165, 1.54) is 5.57 Å². The Morgan fingerprint density at radius 1 is 1.21 bits per heavy atom. The van der Waals surface area contributed by atoms with Crippen molar-refractivity contribution in [3.05, 3.63) is 35.5 Å².